The molecule has 0 N–H and O–H groups in total. The fourth-order valence-electron chi connectivity index (χ4n) is 8.17. The summed E-state index contributed by atoms with van der Waals surface area (Å²) >= 11 is 13.0. The lowest BCUT2D eigenvalue weighted by Crippen LogP contribution is -2.56. The van der Waals surface area contributed by atoms with Gasteiger partial charge in [0.2, 0.25) is 11.8 Å². The highest BCUT2D eigenvalue weighted by molar-refractivity contribution is 7.85. The number of nitrogens with zero attached hydrogens (tertiary/aromatic N) is 3. The molecule has 0 bridgehead atoms. The lowest BCUT2D eigenvalue weighted by atomic mass is 9.81. The molecule has 0 saturated carbocycles. The van der Waals surface area contributed by atoms with Crippen LogP contribution in [-0.2, 0) is 36.4 Å². The van der Waals surface area contributed by atoms with Crippen LogP contribution in [0.5, 0.6) is 0 Å². The standard InChI is InChI=1S/C42H44Cl2F3N3O3S/c1-48(39(52)27-42(45,46)47)29-40(33-17-18-36(43)37(44)25-33,19-22-50-23-20-41(21-24-50)35-16-10-9-15-32(35)28-54(41)53)49(2)38(51)26-34(30-11-5-3-6-12-30)31-13-7-4-8-14-31/h3-18,25,34H,19-24,26-29H2,1-2H3/t40?,54-/m1/s1. The van der Waals surface area contributed by atoms with Crippen LogP contribution in [0, 0.1) is 0 Å². The summed E-state index contributed by atoms with van der Waals surface area (Å²) < 4.78 is 53.7. The second kappa shape index (κ2) is 16.6. The maximum atomic E-state index is 14.8. The predicted octanol–water partition coefficient (Wildman–Crippen LogP) is 8.92. The topological polar surface area (TPSA) is 60.9 Å². The molecular weight excluding hydrogens is 754 g/mol. The van der Waals surface area contributed by atoms with Crippen molar-refractivity contribution in [1.82, 2.24) is 14.7 Å². The Labute approximate surface area is 327 Å². The van der Waals surface area contributed by atoms with Crippen LogP contribution in [-0.4, -0.2) is 77.2 Å². The van der Waals surface area contributed by atoms with E-state index in [0.29, 0.717) is 43.8 Å². The highest BCUT2D eigenvalue weighted by Gasteiger charge is 2.48. The van der Waals surface area contributed by atoms with E-state index in [2.05, 4.69) is 11.0 Å². The second-order valence-corrected chi connectivity index (χ2v) is 17.0. The molecular formula is C42H44Cl2F3N3O3S. The summed E-state index contributed by atoms with van der Waals surface area (Å²) in [5.41, 5.74) is 3.40. The van der Waals surface area contributed by atoms with Crippen LogP contribution in [0.4, 0.5) is 13.2 Å². The fraction of sp³-hybridized carbons (Fsp3) is 0.381. The van der Waals surface area contributed by atoms with Gasteiger partial charge in [-0.05, 0) is 72.3 Å². The third-order valence-corrected chi connectivity index (χ3v) is 14.1. The van der Waals surface area contributed by atoms with Crippen molar-refractivity contribution in [3.8, 4) is 0 Å². The summed E-state index contributed by atoms with van der Waals surface area (Å²) in [5.74, 6) is -1.14. The van der Waals surface area contributed by atoms with Gasteiger partial charge < -0.3 is 14.7 Å². The van der Waals surface area contributed by atoms with Crippen molar-refractivity contribution in [2.45, 2.75) is 60.2 Å². The molecule has 2 aliphatic rings. The van der Waals surface area contributed by atoms with Crippen molar-refractivity contribution in [3.05, 3.63) is 141 Å². The van der Waals surface area contributed by atoms with Crippen molar-refractivity contribution in [3.63, 3.8) is 0 Å². The number of likely N-dealkylation sites (tertiary alicyclic amines) is 1. The van der Waals surface area contributed by atoms with Gasteiger partial charge in [0.1, 0.15) is 6.42 Å². The fourth-order valence-corrected chi connectivity index (χ4v) is 10.4. The third-order valence-electron chi connectivity index (χ3n) is 11.3. The first kappa shape index (κ1) is 40.0. The number of carbonyl (C=O) groups excluding carboxylic acids is 2. The number of likely N-dealkylation sites (N-methyl/N-ethyl adjacent to an activating group) is 2. The zero-order valence-electron chi connectivity index (χ0n) is 30.3. The second-order valence-electron chi connectivity index (χ2n) is 14.5. The van der Waals surface area contributed by atoms with E-state index in [9.17, 15) is 27.0 Å². The Kier molecular flexibility index (Phi) is 12.3. The monoisotopic (exact) mass is 797 g/mol. The molecule has 1 fully saturated rings. The van der Waals surface area contributed by atoms with Gasteiger partial charge in [0.15, 0.2) is 0 Å². The number of halogens is 5. The van der Waals surface area contributed by atoms with Crippen molar-refractivity contribution < 1.29 is 27.0 Å². The molecule has 4 aromatic rings. The smallest absolute Gasteiger partial charge is 0.343 e. The molecule has 2 atom stereocenters. The van der Waals surface area contributed by atoms with Crippen LogP contribution >= 0.6 is 23.2 Å². The predicted molar refractivity (Wildman–Crippen MR) is 209 cm³/mol. The van der Waals surface area contributed by atoms with Gasteiger partial charge in [-0.25, -0.2) is 0 Å². The Bertz CT molecular complexity index is 1940. The summed E-state index contributed by atoms with van der Waals surface area (Å²) in [6.45, 7) is 1.51. The van der Waals surface area contributed by atoms with Crippen LogP contribution in [0.3, 0.4) is 0 Å². The largest absolute Gasteiger partial charge is 0.397 e. The number of rotatable bonds is 12. The van der Waals surface area contributed by atoms with E-state index < -0.39 is 39.6 Å². The first-order valence-corrected chi connectivity index (χ1v) is 20.1. The summed E-state index contributed by atoms with van der Waals surface area (Å²) in [6.07, 6.45) is -4.64. The molecule has 6 nitrogen and oxygen atoms in total. The third kappa shape index (κ3) is 8.57. The van der Waals surface area contributed by atoms with Gasteiger partial charge in [-0.1, -0.05) is 114 Å². The Hall–Kier alpha value is -3.70. The average molecular weight is 799 g/mol. The number of piperidine rings is 1. The van der Waals surface area contributed by atoms with Crippen LogP contribution in [0.15, 0.2) is 103 Å². The SMILES string of the molecule is CN(CC(CCN1CCC2(CC1)c1ccccc1C[S@]2=O)(c1ccc(Cl)c(Cl)c1)N(C)C(=O)CC(c1ccccc1)c1ccccc1)C(=O)CC(F)(F)F. The van der Waals surface area contributed by atoms with Crippen LogP contribution in [0.2, 0.25) is 10.0 Å². The maximum Gasteiger partial charge on any atom is 0.397 e. The molecule has 2 aliphatic heterocycles. The normalized spacial score (nSPS) is 18.0. The van der Waals surface area contributed by atoms with Crippen molar-refractivity contribution >= 4 is 45.8 Å². The lowest BCUT2D eigenvalue weighted by Gasteiger charge is -2.47. The van der Waals surface area contributed by atoms with Crippen molar-refractivity contribution in [2.75, 3.05) is 40.3 Å². The van der Waals surface area contributed by atoms with Gasteiger partial charge in [0, 0.05) is 56.1 Å². The molecule has 6 rings (SSSR count). The first-order valence-electron chi connectivity index (χ1n) is 18.0. The minimum atomic E-state index is -4.71. The van der Waals surface area contributed by atoms with E-state index in [1.807, 2.05) is 78.9 Å². The van der Waals surface area contributed by atoms with E-state index in [1.165, 1.54) is 7.05 Å². The molecule has 54 heavy (non-hydrogen) atoms. The summed E-state index contributed by atoms with van der Waals surface area (Å²) in [5, 5.41) is 0.501. The number of carbonyl (C=O) groups is 2. The van der Waals surface area contributed by atoms with Crippen molar-refractivity contribution in [1.29, 1.82) is 0 Å². The van der Waals surface area contributed by atoms with Gasteiger partial charge in [0.05, 0.1) is 20.3 Å². The number of benzene rings is 4. The highest BCUT2D eigenvalue weighted by atomic mass is 35.5. The molecule has 12 heteroatoms. The lowest BCUT2D eigenvalue weighted by molar-refractivity contribution is -0.163. The molecule has 2 heterocycles. The Morgan fingerprint density at radius 2 is 1.43 bits per heavy atom. The molecule has 1 spiro atoms. The van der Waals surface area contributed by atoms with E-state index in [0.717, 1.165) is 27.2 Å². The van der Waals surface area contributed by atoms with Gasteiger partial charge in [-0.3, -0.25) is 13.8 Å². The Balaban J connectivity index is 1.35. The number of fused-ring (bicyclic) bond motifs is 2. The minimum absolute atomic E-state index is 0.0608. The highest BCUT2D eigenvalue weighted by Crippen LogP contribution is 2.47. The Morgan fingerprint density at radius 3 is 2.02 bits per heavy atom. The number of alkyl halides is 3. The maximum absolute atomic E-state index is 14.8. The molecule has 1 unspecified atom stereocenters. The average Bonchev–Trinajstić information content (AvgIpc) is 3.43. The zero-order valence-corrected chi connectivity index (χ0v) is 32.7. The Morgan fingerprint density at radius 1 is 0.833 bits per heavy atom. The van der Waals surface area contributed by atoms with Crippen LogP contribution in [0.1, 0.15) is 65.8 Å². The molecule has 4 aromatic carbocycles. The molecule has 0 radical (unpaired) electrons. The number of hydrogen-bond acceptors (Lipinski definition) is 4. The van der Waals surface area contributed by atoms with Gasteiger partial charge in [0.25, 0.3) is 0 Å². The van der Waals surface area contributed by atoms with Crippen LogP contribution in [0.25, 0.3) is 0 Å². The van der Waals surface area contributed by atoms with E-state index in [1.54, 1.807) is 30.1 Å². The summed E-state index contributed by atoms with van der Waals surface area (Å²) in [4.78, 5) is 32.8. The number of amides is 2. The van der Waals surface area contributed by atoms with Crippen molar-refractivity contribution in [2.24, 2.45) is 0 Å². The van der Waals surface area contributed by atoms with Gasteiger partial charge in [-0.2, -0.15) is 13.2 Å². The van der Waals surface area contributed by atoms with Crippen LogP contribution < -0.4 is 0 Å². The minimum Gasteiger partial charge on any atom is -0.343 e. The molecule has 0 aromatic heterocycles. The van der Waals surface area contributed by atoms with E-state index in [-0.39, 0.29) is 41.3 Å². The van der Waals surface area contributed by atoms with E-state index in [4.69, 9.17) is 23.2 Å². The summed E-state index contributed by atoms with van der Waals surface area (Å²) in [7, 11) is 1.95. The first-order chi connectivity index (χ1) is 25.7. The number of hydrogen-bond donors (Lipinski definition) is 0. The van der Waals surface area contributed by atoms with Gasteiger partial charge in [-0.15, -0.1) is 0 Å². The van der Waals surface area contributed by atoms with Gasteiger partial charge >= 0.3 is 6.18 Å². The molecule has 286 valence electrons. The molecule has 2 amide bonds. The molecule has 1 saturated heterocycles. The zero-order chi connectivity index (χ0) is 38.7. The summed E-state index contributed by atoms with van der Waals surface area (Å²) in [6, 6.07) is 32.5. The van der Waals surface area contributed by atoms with E-state index >= 15 is 0 Å². The molecule has 0 aliphatic carbocycles. The quantitative estimate of drug-likeness (QED) is 0.144.